The number of nitrogens with zero attached hydrogens (tertiary/aromatic N) is 1. The summed E-state index contributed by atoms with van der Waals surface area (Å²) in [6.07, 6.45) is 0.565. The summed E-state index contributed by atoms with van der Waals surface area (Å²) in [6, 6.07) is -0.655. The Morgan fingerprint density at radius 3 is 2.65 bits per heavy atom. The van der Waals surface area contributed by atoms with Crippen LogP contribution in [0, 0.1) is 10.1 Å². The van der Waals surface area contributed by atoms with Crippen LogP contribution in [0.2, 0.25) is 0 Å². The van der Waals surface area contributed by atoms with Crippen LogP contribution >= 0.6 is 0 Å². The molecule has 0 fully saturated rings. The van der Waals surface area contributed by atoms with Gasteiger partial charge in [0, 0.05) is 19.1 Å². The van der Waals surface area contributed by atoms with Gasteiger partial charge in [-0.3, -0.25) is 19.7 Å². The highest BCUT2D eigenvalue weighted by molar-refractivity contribution is 5.96. The number of amides is 1. The van der Waals surface area contributed by atoms with Gasteiger partial charge in [-0.2, -0.15) is 0 Å². The van der Waals surface area contributed by atoms with E-state index in [4.69, 9.17) is 10.2 Å². The number of carboxylic acid groups (broad SMARTS) is 1. The first kappa shape index (κ1) is 15.3. The zero-order chi connectivity index (χ0) is 15.3. The minimum Gasteiger partial charge on any atom is -0.480 e. The van der Waals surface area contributed by atoms with Crippen molar-refractivity contribution in [3.05, 3.63) is 38.3 Å². The average Bonchev–Trinajstić information content (AvgIpc) is 2.38. The molecule has 10 heteroatoms. The van der Waals surface area contributed by atoms with Gasteiger partial charge in [-0.25, -0.2) is 4.79 Å². The molecule has 10 nitrogen and oxygen atoms in total. The number of carbonyl (C=O) groups excluding carboxylic acids is 1. The van der Waals surface area contributed by atoms with Crippen LogP contribution in [0.25, 0.3) is 0 Å². The molecular weight excluding hydrogens is 274 g/mol. The maximum atomic E-state index is 11.7. The predicted molar refractivity (Wildman–Crippen MR) is 64.3 cm³/mol. The lowest BCUT2D eigenvalue weighted by Crippen LogP contribution is -2.43. The second-order valence-corrected chi connectivity index (χ2v) is 3.73. The van der Waals surface area contributed by atoms with Gasteiger partial charge in [0.05, 0.1) is 11.1 Å². The third-order valence-corrected chi connectivity index (χ3v) is 2.36. The summed E-state index contributed by atoms with van der Waals surface area (Å²) in [4.78, 5) is 45.7. The Morgan fingerprint density at radius 1 is 1.50 bits per heavy atom. The Kier molecular flexibility index (Phi) is 4.92. The maximum absolute atomic E-state index is 11.7. The van der Waals surface area contributed by atoms with Gasteiger partial charge >= 0.3 is 5.97 Å². The molecule has 1 heterocycles. The molecule has 0 aliphatic heterocycles. The third-order valence-electron chi connectivity index (χ3n) is 2.36. The summed E-state index contributed by atoms with van der Waals surface area (Å²) in [5, 5.41) is 30.0. The number of rotatable bonds is 6. The highest BCUT2D eigenvalue weighted by Gasteiger charge is 2.23. The first-order valence-corrected chi connectivity index (χ1v) is 5.38. The molecule has 0 bridgehead atoms. The number of nitro groups is 1. The minimum atomic E-state index is -1.40. The SMILES string of the molecule is O=C(N[C@@H](CCO)C(=O)O)c1cc([N+](=O)[O-])c[nH]c1=O. The number of aliphatic hydroxyl groups excluding tert-OH is 1. The lowest BCUT2D eigenvalue weighted by molar-refractivity contribution is -0.385. The molecular formula is C10H11N3O7. The van der Waals surface area contributed by atoms with Gasteiger partial charge in [0.1, 0.15) is 11.6 Å². The van der Waals surface area contributed by atoms with E-state index in [0.29, 0.717) is 0 Å². The zero-order valence-electron chi connectivity index (χ0n) is 10.0. The smallest absolute Gasteiger partial charge is 0.326 e. The van der Waals surface area contributed by atoms with E-state index in [9.17, 15) is 24.5 Å². The Balaban J connectivity index is 3.02. The van der Waals surface area contributed by atoms with Crippen LogP contribution in [0.1, 0.15) is 16.8 Å². The van der Waals surface area contributed by atoms with Crippen molar-refractivity contribution in [3.63, 3.8) is 0 Å². The molecule has 4 N–H and O–H groups in total. The van der Waals surface area contributed by atoms with E-state index in [0.717, 1.165) is 12.3 Å². The number of hydrogen-bond donors (Lipinski definition) is 4. The van der Waals surface area contributed by atoms with E-state index < -0.39 is 46.3 Å². The predicted octanol–water partition coefficient (Wildman–Crippen LogP) is -1.15. The molecule has 1 aromatic rings. The summed E-state index contributed by atoms with van der Waals surface area (Å²) < 4.78 is 0. The fourth-order valence-corrected chi connectivity index (χ4v) is 1.37. The lowest BCUT2D eigenvalue weighted by Gasteiger charge is -2.12. The third kappa shape index (κ3) is 3.62. The molecule has 0 unspecified atom stereocenters. The van der Waals surface area contributed by atoms with Gasteiger partial charge in [0.2, 0.25) is 0 Å². The second kappa shape index (κ2) is 6.43. The van der Waals surface area contributed by atoms with Crippen molar-refractivity contribution in [3.8, 4) is 0 Å². The first-order valence-electron chi connectivity index (χ1n) is 5.38. The van der Waals surface area contributed by atoms with E-state index in [-0.39, 0.29) is 6.42 Å². The minimum absolute atomic E-state index is 0.256. The van der Waals surface area contributed by atoms with E-state index in [1.54, 1.807) is 0 Å². The molecule has 0 aliphatic carbocycles. The monoisotopic (exact) mass is 285 g/mol. The van der Waals surface area contributed by atoms with Crippen molar-refractivity contribution in [1.29, 1.82) is 0 Å². The molecule has 1 amide bonds. The van der Waals surface area contributed by atoms with Gasteiger partial charge in [-0.15, -0.1) is 0 Å². The van der Waals surface area contributed by atoms with Crippen LogP contribution in [0.15, 0.2) is 17.1 Å². The van der Waals surface area contributed by atoms with E-state index in [1.807, 2.05) is 10.3 Å². The summed E-state index contributed by atoms with van der Waals surface area (Å²) in [5.41, 5.74) is -1.98. The number of pyridine rings is 1. The Morgan fingerprint density at radius 2 is 2.15 bits per heavy atom. The highest BCUT2D eigenvalue weighted by Crippen LogP contribution is 2.08. The molecule has 0 aliphatic rings. The number of nitrogens with one attached hydrogen (secondary N) is 2. The van der Waals surface area contributed by atoms with Crippen molar-refractivity contribution >= 4 is 17.6 Å². The van der Waals surface area contributed by atoms with E-state index in [2.05, 4.69) is 0 Å². The molecule has 0 aromatic carbocycles. The van der Waals surface area contributed by atoms with Crippen LogP contribution in [-0.2, 0) is 4.79 Å². The summed E-state index contributed by atoms with van der Waals surface area (Å²) in [6.45, 7) is -0.484. The van der Waals surface area contributed by atoms with Crippen molar-refractivity contribution < 1.29 is 24.7 Å². The Hall–Kier alpha value is -2.75. The van der Waals surface area contributed by atoms with Gasteiger partial charge < -0.3 is 20.5 Å². The summed E-state index contributed by atoms with van der Waals surface area (Å²) in [7, 11) is 0. The van der Waals surface area contributed by atoms with Gasteiger partial charge in [0.25, 0.3) is 17.2 Å². The van der Waals surface area contributed by atoms with Gasteiger partial charge in [0.15, 0.2) is 0 Å². The second-order valence-electron chi connectivity index (χ2n) is 3.73. The first-order chi connectivity index (χ1) is 9.36. The number of aromatic amines is 1. The van der Waals surface area contributed by atoms with Crippen LogP contribution in [0.5, 0.6) is 0 Å². The standard InChI is InChI=1S/C10H11N3O7/c14-2-1-7(10(17)18)12-9(16)6-3-5(13(19)20)4-11-8(6)15/h3-4,7,14H,1-2H2,(H,11,15)(H,12,16)(H,17,18)/t7-/m0/s1. The van der Waals surface area contributed by atoms with Crippen LogP contribution in [0.3, 0.4) is 0 Å². The lowest BCUT2D eigenvalue weighted by atomic mass is 10.2. The number of hydrogen-bond acceptors (Lipinski definition) is 6. The topological polar surface area (TPSA) is 163 Å². The van der Waals surface area contributed by atoms with Crippen molar-refractivity contribution in [2.45, 2.75) is 12.5 Å². The molecule has 1 aromatic heterocycles. The Labute approximate surface area is 111 Å². The van der Waals surface area contributed by atoms with E-state index >= 15 is 0 Å². The van der Waals surface area contributed by atoms with Crippen molar-refractivity contribution in [1.82, 2.24) is 10.3 Å². The number of aromatic nitrogens is 1. The highest BCUT2D eigenvalue weighted by atomic mass is 16.6. The molecule has 0 spiro atoms. The normalized spacial score (nSPS) is 11.7. The van der Waals surface area contributed by atoms with Crippen LogP contribution in [0.4, 0.5) is 5.69 Å². The molecule has 1 atom stereocenters. The van der Waals surface area contributed by atoms with Crippen molar-refractivity contribution in [2.24, 2.45) is 0 Å². The average molecular weight is 285 g/mol. The van der Waals surface area contributed by atoms with Gasteiger partial charge in [-0.05, 0) is 0 Å². The Bertz CT molecular complexity index is 595. The number of carboxylic acids is 1. The number of aliphatic hydroxyl groups is 1. The van der Waals surface area contributed by atoms with E-state index in [1.165, 1.54) is 0 Å². The number of carbonyl (C=O) groups is 2. The molecule has 0 saturated heterocycles. The fraction of sp³-hybridized carbons (Fsp3) is 0.300. The number of H-pyrrole nitrogens is 1. The number of aliphatic carboxylic acids is 1. The molecule has 0 radical (unpaired) electrons. The molecule has 108 valence electrons. The molecule has 0 saturated carbocycles. The quantitative estimate of drug-likeness (QED) is 0.378. The summed E-state index contributed by atoms with van der Waals surface area (Å²) >= 11 is 0. The zero-order valence-corrected chi connectivity index (χ0v) is 10.0. The fourth-order valence-electron chi connectivity index (χ4n) is 1.37. The van der Waals surface area contributed by atoms with Crippen LogP contribution in [-0.4, -0.2) is 44.6 Å². The van der Waals surface area contributed by atoms with Gasteiger partial charge in [-0.1, -0.05) is 0 Å². The molecule has 1 rings (SSSR count). The molecule has 20 heavy (non-hydrogen) atoms. The van der Waals surface area contributed by atoms with Crippen LogP contribution < -0.4 is 10.9 Å². The summed E-state index contributed by atoms with van der Waals surface area (Å²) in [5.74, 6) is -2.47. The largest absolute Gasteiger partial charge is 0.480 e. The van der Waals surface area contributed by atoms with Crippen molar-refractivity contribution in [2.75, 3.05) is 6.61 Å². The maximum Gasteiger partial charge on any atom is 0.326 e.